The Bertz CT molecular complexity index is 1470. The van der Waals surface area contributed by atoms with Gasteiger partial charge in [0.2, 0.25) is 11.8 Å². The number of nitrogens with zero attached hydrogens (tertiary/aromatic N) is 5. The van der Waals surface area contributed by atoms with Crippen molar-refractivity contribution in [1.82, 2.24) is 34.8 Å². The van der Waals surface area contributed by atoms with E-state index in [9.17, 15) is 14.7 Å². The van der Waals surface area contributed by atoms with Crippen LogP contribution in [-0.2, 0) is 4.79 Å². The summed E-state index contributed by atoms with van der Waals surface area (Å²) in [5, 5.41) is 21.9. The van der Waals surface area contributed by atoms with E-state index in [4.69, 9.17) is 9.98 Å². The number of carbonyl (C=O) groups excluding carboxylic acids is 1. The van der Waals surface area contributed by atoms with Gasteiger partial charge in [-0.1, -0.05) is 0 Å². The van der Waals surface area contributed by atoms with Crippen LogP contribution in [0.4, 0.5) is 5.82 Å². The van der Waals surface area contributed by atoms with E-state index in [1.807, 2.05) is 6.07 Å². The van der Waals surface area contributed by atoms with Gasteiger partial charge in [-0.2, -0.15) is 9.61 Å². The maximum absolute atomic E-state index is 12.4. The van der Waals surface area contributed by atoms with Gasteiger partial charge in [-0.15, -0.1) is 0 Å². The number of anilines is 1. The SMILES string of the molecule is O=C(CCN1CCCC1)NC1CCC(Nc2cc(=NC3CC3)n3nc/c(=C/c4[nH]c(=O)[nH]c4O)c3n2)CC1. The van der Waals surface area contributed by atoms with Gasteiger partial charge in [0.05, 0.1) is 12.2 Å². The van der Waals surface area contributed by atoms with Gasteiger partial charge in [0, 0.05) is 36.3 Å². The summed E-state index contributed by atoms with van der Waals surface area (Å²) in [6.45, 7) is 3.10. The quantitative estimate of drug-likeness (QED) is 0.287. The number of rotatable bonds is 8. The van der Waals surface area contributed by atoms with Crippen LogP contribution in [0.5, 0.6) is 5.88 Å². The Morgan fingerprint density at radius 1 is 1.13 bits per heavy atom. The van der Waals surface area contributed by atoms with Crippen molar-refractivity contribution >= 4 is 23.4 Å². The molecule has 0 atom stereocenters. The minimum absolute atomic E-state index is 0.158. The zero-order chi connectivity index (χ0) is 26.1. The number of hydrogen-bond acceptors (Lipinski definition) is 8. The highest BCUT2D eigenvalue weighted by molar-refractivity contribution is 5.76. The molecule has 3 aliphatic rings. The van der Waals surface area contributed by atoms with Crippen LogP contribution >= 0.6 is 0 Å². The molecule has 38 heavy (non-hydrogen) atoms. The Balaban J connectivity index is 1.14. The molecule has 12 nitrogen and oxygen atoms in total. The molecule has 1 saturated heterocycles. The predicted molar refractivity (Wildman–Crippen MR) is 142 cm³/mol. The minimum Gasteiger partial charge on any atom is -0.493 e. The molecule has 0 unspecified atom stereocenters. The summed E-state index contributed by atoms with van der Waals surface area (Å²) in [5.41, 5.74) is 1.11. The van der Waals surface area contributed by atoms with Crippen molar-refractivity contribution in [3.05, 3.63) is 39.1 Å². The lowest BCUT2D eigenvalue weighted by molar-refractivity contribution is -0.122. The van der Waals surface area contributed by atoms with Crippen molar-refractivity contribution in [2.75, 3.05) is 25.0 Å². The number of amides is 1. The number of aromatic hydroxyl groups is 1. The highest BCUT2D eigenvalue weighted by Gasteiger charge is 2.24. The van der Waals surface area contributed by atoms with Crippen molar-refractivity contribution in [2.45, 2.75) is 75.9 Å². The second-order valence-electron chi connectivity index (χ2n) is 10.7. The molecule has 1 amide bonds. The minimum atomic E-state index is -0.483. The van der Waals surface area contributed by atoms with E-state index in [-0.39, 0.29) is 29.6 Å². The summed E-state index contributed by atoms with van der Waals surface area (Å²) in [4.78, 5) is 40.9. The largest absolute Gasteiger partial charge is 0.493 e. The van der Waals surface area contributed by atoms with Crippen molar-refractivity contribution in [1.29, 1.82) is 0 Å². The summed E-state index contributed by atoms with van der Waals surface area (Å²) in [7, 11) is 0. The Hall–Kier alpha value is -3.67. The summed E-state index contributed by atoms with van der Waals surface area (Å²) >= 11 is 0. The number of hydrogen-bond donors (Lipinski definition) is 5. The molecule has 5 N–H and O–H groups in total. The van der Waals surface area contributed by atoms with Crippen LogP contribution in [0.15, 0.2) is 22.1 Å². The molecule has 3 aromatic rings. The van der Waals surface area contributed by atoms with E-state index >= 15 is 0 Å². The summed E-state index contributed by atoms with van der Waals surface area (Å²) in [5.74, 6) is 0.648. The molecule has 6 rings (SSSR count). The lowest BCUT2D eigenvalue weighted by atomic mass is 9.91. The molecular formula is C26H35N9O3. The lowest BCUT2D eigenvalue weighted by Crippen LogP contribution is -2.41. The van der Waals surface area contributed by atoms with E-state index in [1.54, 1.807) is 16.8 Å². The van der Waals surface area contributed by atoms with Crippen LogP contribution in [-0.4, -0.2) is 78.2 Å². The fourth-order valence-electron chi connectivity index (χ4n) is 5.43. The number of imidazole rings is 1. The molecule has 4 heterocycles. The van der Waals surface area contributed by atoms with Gasteiger partial charge < -0.3 is 25.6 Å². The van der Waals surface area contributed by atoms with Gasteiger partial charge in [-0.25, -0.2) is 9.78 Å². The fourth-order valence-corrected chi connectivity index (χ4v) is 5.43. The van der Waals surface area contributed by atoms with Crippen LogP contribution in [0.3, 0.4) is 0 Å². The highest BCUT2D eigenvalue weighted by atomic mass is 16.3. The molecule has 0 bridgehead atoms. The van der Waals surface area contributed by atoms with Gasteiger partial charge in [-0.3, -0.25) is 14.8 Å². The van der Waals surface area contributed by atoms with Crippen molar-refractivity contribution in [3.8, 4) is 5.88 Å². The second-order valence-corrected chi connectivity index (χ2v) is 10.7. The molecule has 0 aromatic carbocycles. The average molecular weight is 522 g/mol. The van der Waals surface area contributed by atoms with E-state index in [0.29, 0.717) is 23.3 Å². The monoisotopic (exact) mass is 521 g/mol. The maximum Gasteiger partial charge on any atom is 0.326 e. The summed E-state index contributed by atoms with van der Waals surface area (Å²) in [6.07, 6.45) is 12.2. The van der Waals surface area contributed by atoms with Crippen molar-refractivity contribution in [3.63, 3.8) is 0 Å². The standard InChI is InChI=1S/C26H35N9O3/c36-23(9-12-34-10-1-2-11-34)30-19-7-3-17(4-8-19)28-21-14-22(29-18-5-6-18)35-24(32-21)16(15-27-35)13-20-25(37)33-26(38)31-20/h13-15,17-19,28,37H,1-12H2,(H,30,36)(H2,31,33,38)/b16-13-,29-22?. The average Bonchev–Trinajstić information content (AvgIpc) is 3.24. The maximum atomic E-state index is 12.4. The second kappa shape index (κ2) is 10.6. The third-order valence-corrected chi connectivity index (χ3v) is 7.68. The predicted octanol–water partition coefficient (Wildman–Crippen LogP) is 0.387. The third-order valence-electron chi connectivity index (χ3n) is 7.68. The number of fused-ring (bicyclic) bond motifs is 1. The third kappa shape index (κ3) is 5.74. The van der Waals surface area contributed by atoms with Crippen molar-refractivity contribution in [2.24, 2.45) is 4.99 Å². The fraction of sp³-hybridized carbons (Fsp3) is 0.577. The molecule has 3 fully saturated rings. The number of aromatic nitrogens is 5. The van der Waals surface area contributed by atoms with Crippen LogP contribution in [0, 0.1) is 0 Å². The highest BCUT2D eigenvalue weighted by Crippen LogP contribution is 2.23. The molecule has 0 spiro atoms. The molecule has 0 radical (unpaired) electrons. The van der Waals surface area contributed by atoms with Crippen molar-refractivity contribution < 1.29 is 9.90 Å². The van der Waals surface area contributed by atoms with E-state index in [0.717, 1.165) is 69.5 Å². The van der Waals surface area contributed by atoms with Gasteiger partial charge in [0.15, 0.2) is 11.1 Å². The van der Waals surface area contributed by atoms with Gasteiger partial charge in [-0.05, 0) is 70.5 Å². The molecular weight excluding hydrogens is 486 g/mol. The topological polar surface area (TPSA) is 156 Å². The zero-order valence-electron chi connectivity index (χ0n) is 21.4. The smallest absolute Gasteiger partial charge is 0.326 e. The number of aromatic amines is 2. The first kappa shape index (κ1) is 24.7. The molecule has 12 heteroatoms. The Morgan fingerprint density at radius 3 is 2.61 bits per heavy atom. The first-order chi connectivity index (χ1) is 18.5. The zero-order valence-corrected chi connectivity index (χ0v) is 21.4. The Labute approximate surface area is 219 Å². The van der Waals surface area contributed by atoms with Crippen LogP contribution in [0.2, 0.25) is 0 Å². The summed E-state index contributed by atoms with van der Waals surface area (Å²) in [6, 6.07) is 2.71. The lowest BCUT2D eigenvalue weighted by Gasteiger charge is -2.30. The molecule has 3 aromatic heterocycles. The van der Waals surface area contributed by atoms with Crippen LogP contribution < -0.4 is 27.0 Å². The molecule has 2 saturated carbocycles. The Morgan fingerprint density at radius 2 is 1.89 bits per heavy atom. The van der Waals surface area contributed by atoms with E-state index < -0.39 is 5.69 Å². The Kier molecular flexibility index (Phi) is 6.88. The molecule has 2 aliphatic carbocycles. The normalized spacial score (nSPS) is 23.4. The number of nitrogens with one attached hydrogen (secondary N) is 4. The number of H-pyrrole nitrogens is 2. The van der Waals surface area contributed by atoms with Gasteiger partial charge in [0.1, 0.15) is 11.5 Å². The number of likely N-dealkylation sites (tertiary alicyclic amines) is 1. The van der Waals surface area contributed by atoms with Crippen LogP contribution in [0.1, 0.15) is 63.5 Å². The van der Waals surface area contributed by atoms with Gasteiger partial charge in [0.25, 0.3) is 0 Å². The molecule has 202 valence electrons. The first-order valence-electron chi connectivity index (χ1n) is 13.7. The van der Waals surface area contributed by atoms with E-state index in [2.05, 4.69) is 30.6 Å². The van der Waals surface area contributed by atoms with Crippen LogP contribution in [0.25, 0.3) is 11.7 Å². The first-order valence-corrected chi connectivity index (χ1v) is 13.7. The number of carbonyl (C=O) groups is 1. The summed E-state index contributed by atoms with van der Waals surface area (Å²) < 4.78 is 1.70. The molecule has 1 aliphatic heterocycles. The van der Waals surface area contributed by atoms with Gasteiger partial charge >= 0.3 is 5.69 Å². The van der Waals surface area contributed by atoms with E-state index in [1.165, 1.54) is 12.8 Å².